The SMILES string of the molecule is CCCOc1c(Cl)cc(C(=O)NC2=NCCS2)cc1OCC. The summed E-state index contributed by atoms with van der Waals surface area (Å²) >= 11 is 7.77. The van der Waals surface area contributed by atoms with E-state index in [0.717, 1.165) is 18.7 Å². The van der Waals surface area contributed by atoms with E-state index in [1.165, 1.54) is 11.8 Å². The summed E-state index contributed by atoms with van der Waals surface area (Å²) in [5.74, 6) is 1.60. The molecule has 5 nitrogen and oxygen atoms in total. The molecule has 1 aromatic carbocycles. The Morgan fingerprint density at radius 3 is 2.86 bits per heavy atom. The van der Waals surface area contributed by atoms with Crippen molar-refractivity contribution >= 4 is 34.4 Å². The van der Waals surface area contributed by atoms with Crippen molar-refractivity contribution in [1.82, 2.24) is 5.32 Å². The van der Waals surface area contributed by atoms with Crippen molar-refractivity contribution in [1.29, 1.82) is 0 Å². The van der Waals surface area contributed by atoms with Crippen LogP contribution in [0.4, 0.5) is 0 Å². The van der Waals surface area contributed by atoms with Crippen LogP contribution in [0.25, 0.3) is 0 Å². The highest BCUT2D eigenvalue weighted by Gasteiger charge is 2.18. The number of amides is 1. The first kappa shape index (κ1) is 17.0. The molecule has 0 aromatic heterocycles. The molecule has 120 valence electrons. The molecule has 0 aliphatic carbocycles. The van der Waals surface area contributed by atoms with Crippen molar-refractivity contribution in [2.75, 3.05) is 25.5 Å². The van der Waals surface area contributed by atoms with Crippen LogP contribution in [0, 0.1) is 0 Å². The lowest BCUT2D eigenvalue weighted by atomic mass is 10.2. The molecule has 7 heteroatoms. The maximum atomic E-state index is 12.3. The molecule has 1 N–H and O–H groups in total. The number of nitrogens with one attached hydrogen (secondary N) is 1. The molecule has 1 aliphatic rings. The highest BCUT2D eigenvalue weighted by atomic mass is 35.5. The minimum atomic E-state index is -0.252. The van der Waals surface area contributed by atoms with E-state index in [1.54, 1.807) is 12.1 Å². The average Bonchev–Trinajstić information content (AvgIpc) is 2.99. The van der Waals surface area contributed by atoms with Crippen LogP contribution in [0.15, 0.2) is 17.1 Å². The smallest absolute Gasteiger partial charge is 0.257 e. The van der Waals surface area contributed by atoms with Gasteiger partial charge in [0, 0.05) is 11.3 Å². The van der Waals surface area contributed by atoms with Gasteiger partial charge in [-0.15, -0.1) is 0 Å². The molecular formula is C15H19ClN2O3S. The number of aliphatic imine (C=N–C) groups is 1. The van der Waals surface area contributed by atoms with Crippen molar-refractivity contribution in [3.05, 3.63) is 22.7 Å². The summed E-state index contributed by atoms with van der Waals surface area (Å²) in [7, 11) is 0. The minimum absolute atomic E-state index is 0.252. The number of carbonyl (C=O) groups excluding carboxylic acids is 1. The third-order valence-corrected chi connectivity index (χ3v) is 4.00. The lowest BCUT2D eigenvalue weighted by Crippen LogP contribution is -2.27. The van der Waals surface area contributed by atoms with Crippen LogP contribution >= 0.6 is 23.4 Å². The number of thioether (sulfide) groups is 1. The van der Waals surface area contributed by atoms with Gasteiger partial charge in [-0.1, -0.05) is 30.3 Å². The predicted molar refractivity (Wildman–Crippen MR) is 90.6 cm³/mol. The van der Waals surface area contributed by atoms with Crippen molar-refractivity contribution in [3.8, 4) is 11.5 Å². The van der Waals surface area contributed by atoms with Crippen LogP contribution in [0.3, 0.4) is 0 Å². The molecule has 0 fully saturated rings. The fourth-order valence-corrected chi connectivity index (χ4v) is 2.87. The number of ether oxygens (including phenoxy) is 2. The lowest BCUT2D eigenvalue weighted by molar-refractivity contribution is 0.0977. The molecular weight excluding hydrogens is 324 g/mol. The predicted octanol–water partition coefficient (Wildman–Crippen LogP) is 3.36. The summed E-state index contributed by atoms with van der Waals surface area (Å²) in [5, 5.41) is 3.78. The topological polar surface area (TPSA) is 59.9 Å². The quantitative estimate of drug-likeness (QED) is 0.861. The van der Waals surface area contributed by atoms with E-state index in [4.69, 9.17) is 21.1 Å². The monoisotopic (exact) mass is 342 g/mol. The van der Waals surface area contributed by atoms with Gasteiger partial charge < -0.3 is 14.8 Å². The second-order valence-corrected chi connectivity index (χ2v) is 6.05. The zero-order valence-corrected chi connectivity index (χ0v) is 14.2. The third-order valence-electron chi connectivity index (χ3n) is 2.83. The van der Waals surface area contributed by atoms with Gasteiger partial charge in [-0.3, -0.25) is 9.79 Å². The normalized spacial score (nSPS) is 13.7. The maximum Gasteiger partial charge on any atom is 0.257 e. The molecule has 0 radical (unpaired) electrons. The summed E-state index contributed by atoms with van der Waals surface area (Å²) in [6.45, 7) is 5.62. The number of hydrogen-bond donors (Lipinski definition) is 1. The third kappa shape index (κ3) is 4.30. The Morgan fingerprint density at radius 1 is 1.41 bits per heavy atom. The van der Waals surface area contributed by atoms with Gasteiger partial charge in [-0.05, 0) is 25.5 Å². The molecule has 22 heavy (non-hydrogen) atoms. The van der Waals surface area contributed by atoms with E-state index in [0.29, 0.717) is 40.5 Å². The van der Waals surface area contributed by atoms with E-state index in [1.807, 2.05) is 13.8 Å². The van der Waals surface area contributed by atoms with Gasteiger partial charge in [-0.2, -0.15) is 0 Å². The van der Waals surface area contributed by atoms with Crippen LogP contribution < -0.4 is 14.8 Å². The van der Waals surface area contributed by atoms with Crippen molar-refractivity contribution in [2.45, 2.75) is 20.3 Å². The first-order chi connectivity index (χ1) is 10.7. The second kappa shape index (κ2) is 8.29. The number of carbonyl (C=O) groups is 1. The van der Waals surface area contributed by atoms with Gasteiger partial charge in [0.15, 0.2) is 16.7 Å². The molecule has 0 spiro atoms. The van der Waals surface area contributed by atoms with Crippen molar-refractivity contribution in [3.63, 3.8) is 0 Å². The van der Waals surface area contributed by atoms with Crippen LogP contribution in [0.1, 0.15) is 30.6 Å². The number of benzene rings is 1. The largest absolute Gasteiger partial charge is 0.490 e. The fourth-order valence-electron chi connectivity index (χ4n) is 1.89. The van der Waals surface area contributed by atoms with Gasteiger partial charge in [0.25, 0.3) is 5.91 Å². The molecule has 0 atom stereocenters. The maximum absolute atomic E-state index is 12.3. The van der Waals surface area contributed by atoms with E-state index in [9.17, 15) is 4.79 Å². The Hall–Kier alpha value is -1.40. The van der Waals surface area contributed by atoms with Crippen LogP contribution in [-0.2, 0) is 0 Å². The molecule has 0 unspecified atom stereocenters. The summed E-state index contributed by atoms with van der Waals surface area (Å²) in [4.78, 5) is 16.5. The lowest BCUT2D eigenvalue weighted by Gasteiger charge is -2.14. The summed E-state index contributed by atoms with van der Waals surface area (Å²) in [5.41, 5.74) is 0.424. The summed E-state index contributed by atoms with van der Waals surface area (Å²) in [6, 6.07) is 3.24. The first-order valence-corrected chi connectivity index (χ1v) is 8.59. The Labute approximate surface area is 139 Å². The van der Waals surface area contributed by atoms with Gasteiger partial charge in [0.05, 0.1) is 24.8 Å². The molecule has 0 saturated carbocycles. The summed E-state index contributed by atoms with van der Waals surface area (Å²) < 4.78 is 11.2. The minimum Gasteiger partial charge on any atom is -0.490 e. The molecule has 2 rings (SSSR count). The van der Waals surface area contributed by atoms with Crippen LogP contribution in [0.5, 0.6) is 11.5 Å². The van der Waals surface area contributed by atoms with E-state index < -0.39 is 0 Å². The Kier molecular flexibility index (Phi) is 6.39. The number of hydrogen-bond acceptors (Lipinski definition) is 5. The Balaban J connectivity index is 2.22. The standard InChI is InChI=1S/C15H19ClN2O3S/c1-3-6-21-13-11(16)8-10(9-12(13)20-4-2)14(19)18-15-17-5-7-22-15/h8-9H,3-7H2,1-2H3,(H,17,18,19). The molecule has 0 bridgehead atoms. The zero-order valence-electron chi connectivity index (χ0n) is 12.6. The first-order valence-electron chi connectivity index (χ1n) is 7.23. The van der Waals surface area contributed by atoms with E-state index >= 15 is 0 Å². The van der Waals surface area contributed by atoms with Gasteiger partial charge >= 0.3 is 0 Å². The summed E-state index contributed by atoms with van der Waals surface area (Å²) in [6.07, 6.45) is 0.862. The van der Waals surface area contributed by atoms with Gasteiger partial charge in [-0.25, -0.2) is 0 Å². The fraction of sp³-hybridized carbons (Fsp3) is 0.467. The number of nitrogens with zero attached hydrogens (tertiary/aromatic N) is 1. The van der Waals surface area contributed by atoms with Gasteiger partial charge in [0.2, 0.25) is 0 Å². The molecule has 1 heterocycles. The molecule has 0 saturated heterocycles. The van der Waals surface area contributed by atoms with E-state index in [-0.39, 0.29) is 5.91 Å². The highest BCUT2D eigenvalue weighted by Crippen LogP contribution is 2.36. The van der Waals surface area contributed by atoms with Gasteiger partial charge in [0.1, 0.15) is 0 Å². The Bertz CT molecular complexity index is 578. The number of rotatable bonds is 6. The second-order valence-electron chi connectivity index (χ2n) is 4.56. The van der Waals surface area contributed by atoms with Crippen molar-refractivity contribution < 1.29 is 14.3 Å². The average molecular weight is 343 g/mol. The number of amidine groups is 1. The van der Waals surface area contributed by atoms with Crippen LogP contribution in [0.2, 0.25) is 5.02 Å². The van der Waals surface area contributed by atoms with E-state index in [2.05, 4.69) is 10.3 Å². The van der Waals surface area contributed by atoms with Crippen molar-refractivity contribution in [2.24, 2.45) is 4.99 Å². The molecule has 1 aromatic rings. The Morgan fingerprint density at radius 2 is 2.23 bits per heavy atom. The number of halogens is 1. The molecule has 1 aliphatic heterocycles. The van der Waals surface area contributed by atoms with Crippen LogP contribution in [-0.4, -0.2) is 36.6 Å². The zero-order chi connectivity index (χ0) is 15.9. The highest BCUT2D eigenvalue weighted by molar-refractivity contribution is 8.14. The molecule has 1 amide bonds.